The van der Waals surface area contributed by atoms with Gasteiger partial charge in [-0.1, -0.05) is 6.07 Å². The van der Waals surface area contributed by atoms with Gasteiger partial charge < -0.3 is 4.90 Å². The molecule has 2 rings (SSSR count). The Hall–Kier alpha value is -1.46. The third kappa shape index (κ3) is 4.01. The van der Waals surface area contributed by atoms with E-state index in [-0.39, 0.29) is 5.91 Å². The summed E-state index contributed by atoms with van der Waals surface area (Å²) in [5.74, 6) is 0.412. The van der Waals surface area contributed by atoms with Crippen molar-refractivity contribution in [1.82, 2.24) is 14.9 Å². The number of carbonyl (C=O) groups is 1. The second kappa shape index (κ2) is 6.63. The van der Waals surface area contributed by atoms with E-state index in [0.717, 1.165) is 16.4 Å². The number of hydrogen-bond acceptors (Lipinski definition) is 4. The van der Waals surface area contributed by atoms with Crippen LogP contribution in [0.1, 0.15) is 16.4 Å². The van der Waals surface area contributed by atoms with Crippen LogP contribution in [0, 0.1) is 0 Å². The van der Waals surface area contributed by atoms with E-state index in [9.17, 15) is 4.79 Å². The quantitative estimate of drug-likeness (QED) is 0.796. The number of hydrogen-bond donors (Lipinski definition) is 0. The monoisotopic (exact) mass is 295 g/mol. The van der Waals surface area contributed by atoms with Gasteiger partial charge in [0.05, 0.1) is 30.2 Å². The van der Waals surface area contributed by atoms with Crippen molar-refractivity contribution in [3.05, 3.63) is 46.2 Å². The highest BCUT2D eigenvalue weighted by atomic mass is 35.5. The molecule has 0 saturated heterocycles. The first kappa shape index (κ1) is 14.0. The molecule has 19 heavy (non-hydrogen) atoms. The van der Waals surface area contributed by atoms with Crippen molar-refractivity contribution >= 4 is 28.8 Å². The number of likely N-dealkylation sites (N-methyl/N-ethyl adjacent to an activating group) is 1. The number of carbonyl (C=O) groups excluding carboxylic acids is 1. The highest BCUT2D eigenvalue weighted by molar-refractivity contribution is 7.09. The zero-order valence-electron chi connectivity index (χ0n) is 10.5. The number of amides is 1. The van der Waals surface area contributed by atoms with Gasteiger partial charge in [-0.2, -0.15) is 0 Å². The molecule has 1 amide bonds. The zero-order chi connectivity index (χ0) is 13.7. The van der Waals surface area contributed by atoms with Gasteiger partial charge in [0.25, 0.3) is 0 Å². The maximum atomic E-state index is 12.0. The number of halogens is 1. The van der Waals surface area contributed by atoms with E-state index >= 15 is 0 Å². The minimum absolute atomic E-state index is 0.0288. The molecule has 6 heteroatoms. The van der Waals surface area contributed by atoms with Crippen molar-refractivity contribution in [2.45, 2.75) is 18.8 Å². The van der Waals surface area contributed by atoms with Crippen LogP contribution in [0.4, 0.5) is 0 Å². The Morgan fingerprint density at radius 3 is 2.89 bits per heavy atom. The predicted molar refractivity (Wildman–Crippen MR) is 76.1 cm³/mol. The summed E-state index contributed by atoms with van der Waals surface area (Å²) in [7, 11) is 1.77. The van der Waals surface area contributed by atoms with Crippen LogP contribution in [0.2, 0.25) is 0 Å². The van der Waals surface area contributed by atoms with Crippen molar-refractivity contribution in [2.24, 2.45) is 0 Å². The highest BCUT2D eigenvalue weighted by Gasteiger charge is 2.13. The highest BCUT2D eigenvalue weighted by Crippen LogP contribution is 2.13. The minimum atomic E-state index is 0.0288. The molecule has 0 fully saturated rings. The average Bonchev–Trinajstić information content (AvgIpc) is 2.87. The van der Waals surface area contributed by atoms with E-state index in [4.69, 9.17) is 11.6 Å². The summed E-state index contributed by atoms with van der Waals surface area (Å²) in [5.41, 5.74) is 1.70. The zero-order valence-corrected chi connectivity index (χ0v) is 12.1. The molecule has 0 radical (unpaired) electrons. The van der Waals surface area contributed by atoms with Crippen LogP contribution in [0.3, 0.4) is 0 Å². The van der Waals surface area contributed by atoms with Gasteiger partial charge in [0, 0.05) is 18.6 Å². The van der Waals surface area contributed by atoms with E-state index in [0.29, 0.717) is 18.8 Å². The molecular weight excluding hydrogens is 282 g/mol. The van der Waals surface area contributed by atoms with Gasteiger partial charge in [0.1, 0.15) is 5.01 Å². The van der Waals surface area contributed by atoms with Crippen LogP contribution in [0.15, 0.2) is 29.8 Å². The standard InChI is InChI=1S/C13H14ClN3OS/c1-17(8-10-4-2-3-5-15-10)13(18)6-12-16-11(7-14)9-19-12/h2-5,9H,6-8H2,1H3. The number of aromatic nitrogens is 2. The fourth-order valence-electron chi connectivity index (χ4n) is 1.58. The van der Waals surface area contributed by atoms with Crippen molar-refractivity contribution in [3.63, 3.8) is 0 Å². The lowest BCUT2D eigenvalue weighted by Crippen LogP contribution is -2.28. The lowest BCUT2D eigenvalue weighted by atomic mass is 10.3. The molecule has 2 aromatic rings. The second-order valence-electron chi connectivity index (χ2n) is 4.11. The first-order valence-electron chi connectivity index (χ1n) is 5.82. The van der Waals surface area contributed by atoms with E-state index < -0.39 is 0 Å². The molecule has 0 N–H and O–H groups in total. The number of nitrogens with zero attached hydrogens (tertiary/aromatic N) is 3. The van der Waals surface area contributed by atoms with Crippen molar-refractivity contribution in [2.75, 3.05) is 7.05 Å². The van der Waals surface area contributed by atoms with E-state index in [1.165, 1.54) is 11.3 Å². The Morgan fingerprint density at radius 2 is 2.26 bits per heavy atom. The smallest absolute Gasteiger partial charge is 0.229 e. The fraction of sp³-hybridized carbons (Fsp3) is 0.308. The molecule has 0 atom stereocenters. The Labute approximate surface area is 121 Å². The van der Waals surface area contributed by atoms with Crippen LogP contribution in [0.5, 0.6) is 0 Å². The Morgan fingerprint density at radius 1 is 1.42 bits per heavy atom. The molecule has 2 heterocycles. The Balaban J connectivity index is 1.92. The first-order chi connectivity index (χ1) is 9.19. The first-order valence-corrected chi connectivity index (χ1v) is 7.23. The van der Waals surface area contributed by atoms with Crippen molar-refractivity contribution in [3.8, 4) is 0 Å². The van der Waals surface area contributed by atoms with Gasteiger partial charge in [-0.3, -0.25) is 9.78 Å². The molecule has 100 valence electrons. The molecular formula is C13H14ClN3OS. The van der Waals surface area contributed by atoms with Crippen LogP contribution in [0.25, 0.3) is 0 Å². The number of pyridine rings is 1. The molecule has 0 spiro atoms. The minimum Gasteiger partial charge on any atom is -0.339 e. The molecule has 4 nitrogen and oxygen atoms in total. The lowest BCUT2D eigenvalue weighted by Gasteiger charge is -2.15. The molecule has 0 aliphatic carbocycles. The van der Waals surface area contributed by atoms with Gasteiger partial charge in [0.2, 0.25) is 5.91 Å². The molecule has 2 aromatic heterocycles. The number of thiazole rings is 1. The average molecular weight is 296 g/mol. The predicted octanol–water partition coefficient (Wildman–Crippen LogP) is 2.48. The second-order valence-corrected chi connectivity index (χ2v) is 5.32. The summed E-state index contributed by atoms with van der Waals surface area (Å²) in [6, 6.07) is 5.67. The Bertz CT molecular complexity index is 544. The summed E-state index contributed by atoms with van der Waals surface area (Å²) < 4.78 is 0. The van der Waals surface area contributed by atoms with Crippen LogP contribution < -0.4 is 0 Å². The molecule has 0 unspecified atom stereocenters. The summed E-state index contributed by atoms with van der Waals surface area (Å²) in [6.45, 7) is 0.507. The van der Waals surface area contributed by atoms with Crippen LogP contribution in [-0.2, 0) is 23.6 Å². The van der Waals surface area contributed by atoms with E-state index in [2.05, 4.69) is 9.97 Å². The van der Waals surface area contributed by atoms with Crippen molar-refractivity contribution < 1.29 is 4.79 Å². The van der Waals surface area contributed by atoms with Gasteiger partial charge in [-0.15, -0.1) is 22.9 Å². The molecule has 0 bridgehead atoms. The van der Waals surface area contributed by atoms with Gasteiger partial charge in [-0.05, 0) is 12.1 Å². The molecule has 0 saturated carbocycles. The third-order valence-electron chi connectivity index (χ3n) is 2.59. The van der Waals surface area contributed by atoms with E-state index in [1.54, 1.807) is 18.1 Å². The summed E-state index contributed by atoms with van der Waals surface area (Å²) in [4.78, 5) is 22.2. The van der Waals surface area contributed by atoms with Crippen LogP contribution in [-0.4, -0.2) is 27.8 Å². The fourth-order valence-corrected chi connectivity index (χ4v) is 2.59. The maximum Gasteiger partial charge on any atom is 0.229 e. The van der Waals surface area contributed by atoms with Gasteiger partial charge in [0.15, 0.2) is 0 Å². The number of rotatable bonds is 5. The number of alkyl halides is 1. The third-order valence-corrected chi connectivity index (χ3v) is 3.76. The molecule has 0 aliphatic heterocycles. The summed E-state index contributed by atoms with van der Waals surface area (Å²) in [6.07, 6.45) is 2.03. The normalized spacial score (nSPS) is 10.4. The topological polar surface area (TPSA) is 46.1 Å². The van der Waals surface area contributed by atoms with Gasteiger partial charge in [-0.25, -0.2) is 4.98 Å². The van der Waals surface area contributed by atoms with E-state index in [1.807, 2.05) is 23.6 Å². The maximum absolute atomic E-state index is 12.0. The SMILES string of the molecule is CN(Cc1ccccn1)C(=O)Cc1nc(CCl)cs1. The van der Waals surface area contributed by atoms with Crippen LogP contribution >= 0.6 is 22.9 Å². The summed E-state index contributed by atoms with van der Waals surface area (Å²) in [5, 5.41) is 2.68. The molecule has 0 aromatic carbocycles. The summed E-state index contributed by atoms with van der Waals surface area (Å²) >= 11 is 7.15. The lowest BCUT2D eigenvalue weighted by molar-refractivity contribution is -0.129. The largest absolute Gasteiger partial charge is 0.339 e. The van der Waals surface area contributed by atoms with Crippen molar-refractivity contribution in [1.29, 1.82) is 0 Å². The van der Waals surface area contributed by atoms with Gasteiger partial charge >= 0.3 is 0 Å². The Kier molecular flexibility index (Phi) is 4.87. The molecule has 0 aliphatic rings.